The SMILES string of the molecule is O[C@H]1CC[C@H](CN2CCC(=C3c4ccccc4Sc4ccc(Cl)cc43)CC2)CC1. The van der Waals surface area contributed by atoms with Gasteiger partial charge in [-0.05, 0) is 85.4 Å². The van der Waals surface area contributed by atoms with E-state index in [1.165, 1.54) is 45.9 Å². The highest BCUT2D eigenvalue weighted by Gasteiger charge is 2.27. The van der Waals surface area contributed by atoms with Crippen molar-refractivity contribution in [2.75, 3.05) is 19.6 Å². The lowest BCUT2D eigenvalue weighted by Crippen LogP contribution is -2.36. The summed E-state index contributed by atoms with van der Waals surface area (Å²) >= 11 is 8.25. The minimum absolute atomic E-state index is 0.0555. The van der Waals surface area contributed by atoms with Crippen molar-refractivity contribution in [2.45, 2.75) is 54.4 Å². The fourth-order valence-electron chi connectivity index (χ4n) is 5.14. The van der Waals surface area contributed by atoms with Crippen molar-refractivity contribution < 1.29 is 5.11 Å². The highest BCUT2D eigenvalue weighted by atomic mass is 35.5. The summed E-state index contributed by atoms with van der Waals surface area (Å²) in [6.45, 7) is 3.48. The van der Waals surface area contributed by atoms with Crippen LogP contribution < -0.4 is 0 Å². The van der Waals surface area contributed by atoms with Crippen LogP contribution in [0.25, 0.3) is 5.57 Å². The standard InChI is InChI=1S/C25H28ClNOS/c26-19-7-10-24-22(15-19)25(21-3-1-2-4-23(21)29-24)18-11-13-27(14-12-18)16-17-5-8-20(28)9-6-17/h1-4,7,10,15,17,20,28H,5-6,8-9,11-14,16H2/t17-,20-. The molecule has 0 unspecified atom stereocenters. The Balaban J connectivity index is 1.39. The van der Waals surface area contributed by atoms with Gasteiger partial charge in [-0.2, -0.15) is 0 Å². The molecule has 0 bridgehead atoms. The van der Waals surface area contributed by atoms with Crippen molar-refractivity contribution >= 4 is 28.9 Å². The van der Waals surface area contributed by atoms with Gasteiger partial charge in [-0.1, -0.05) is 47.1 Å². The zero-order valence-corrected chi connectivity index (χ0v) is 18.3. The van der Waals surface area contributed by atoms with Crippen LogP contribution >= 0.6 is 23.4 Å². The van der Waals surface area contributed by atoms with Gasteiger partial charge in [0, 0.05) is 34.4 Å². The maximum absolute atomic E-state index is 9.76. The van der Waals surface area contributed by atoms with Crippen LogP contribution in [0.2, 0.25) is 5.02 Å². The first-order valence-corrected chi connectivity index (χ1v) is 12.1. The van der Waals surface area contributed by atoms with Gasteiger partial charge in [0.15, 0.2) is 0 Å². The lowest BCUT2D eigenvalue weighted by Gasteiger charge is -2.35. The summed E-state index contributed by atoms with van der Waals surface area (Å²) in [5.41, 5.74) is 5.69. The Morgan fingerprint density at radius 1 is 0.931 bits per heavy atom. The third kappa shape index (κ3) is 4.16. The second-order valence-corrected chi connectivity index (χ2v) is 10.2. The van der Waals surface area contributed by atoms with E-state index in [4.69, 9.17) is 11.6 Å². The van der Waals surface area contributed by atoms with Crippen LogP contribution in [0.4, 0.5) is 0 Å². The lowest BCUT2D eigenvalue weighted by molar-refractivity contribution is 0.0923. The van der Waals surface area contributed by atoms with Crippen LogP contribution in [-0.2, 0) is 0 Å². The molecule has 2 aromatic rings. The fraction of sp³-hybridized carbons (Fsp3) is 0.440. The Labute approximate surface area is 183 Å². The quantitative estimate of drug-likeness (QED) is 0.524. The average Bonchev–Trinajstić information content (AvgIpc) is 2.74. The van der Waals surface area contributed by atoms with E-state index in [0.717, 1.165) is 49.7 Å². The van der Waals surface area contributed by atoms with E-state index >= 15 is 0 Å². The number of nitrogens with zero attached hydrogens (tertiary/aromatic N) is 1. The first kappa shape index (κ1) is 19.7. The number of likely N-dealkylation sites (tertiary alicyclic amines) is 1. The normalized spacial score (nSPS) is 24.9. The zero-order valence-electron chi connectivity index (χ0n) is 16.7. The molecule has 2 aliphatic heterocycles. The van der Waals surface area contributed by atoms with Crippen LogP contribution in [0.15, 0.2) is 57.8 Å². The number of aliphatic hydroxyl groups excluding tert-OH is 1. The van der Waals surface area contributed by atoms with Gasteiger partial charge in [0.1, 0.15) is 0 Å². The number of benzene rings is 2. The summed E-state index contributed by atoms with van der Waals surface area (Å²) in [5.74, 6) is 0.763. The molecule has 2 nitrogen and oxygen atoms in total. The summed E-state index contributed by atoms with van der Waals surface area (Å²) in [6, 6.07) is 15.1. The molecule has 2 fully saturated rings. The fourth-order valence-corrected chi connectivity index (χ4v) is 6.38. The molecule has 1 aliphatic carbocycles. The molecule has 3 aliphatic rings. The van der Waals surface area contributed by atoms with Gasteiger partial charge in [-0.15, -0.1) is 0 Å². The molecule has 0 amide bonds. The Morgan fingerprint density at radius 3 is 2.45 bits per heavy atom. The molecule has 152 valence electrons. The molecule has 1 saturated carbocycles. The van der Waals surface area contributed by atoms with E-state index in [1.54, 1.807) is 5.57 Å². The second kappa shape index (κ2) is 8.47. The van der Waals surface area contributed by atoms with Crippen molar-refractivity contribution in [3.63, 3.8) is 0 Å². The first-order chi connectivity index (χ1) is 14.2. The van der Waals surface area contributed by atoms with E-state index in [9.17, 15) is 5.11 Å². The molecular formula is C25H28ClNOS. The predicted octanol–water partition coefficient (Wildman–Crippen LogP) is 6.25. The molecule has 2 heterocycles. The summed E-state index contributed by atoms with van der Waals surface area (Å²) in [7, 11) is 0. The van der Waals surface area contributed by atoms with Crippen LogP contribution in [0, 0.1) is 5.92 Å². The van der Waals surface area contributed by atoms with E-state index in [-0.39, 0.29) is 6.10 Å². The number of hydrogen-bond donors (Lipinski definition) is 1. The number of aliphatic hydroxyl groups is 1. The molecule has 0 aromatic heterocycles. The minimum atomic E-state index is -0.0555. The Morgan fingerprint density at radius 2 is 1.66 bits per heavy atom. The van der Waals surface area contributed by atoms with Gasteiger partial charge in [0.05, 0.1) is 6.10 Å². The number of halogens is 1. The molecule has 0 atom stereocenters. The van der Waals surface area contributed by atoms with Crippen molar-refractivity contribution in [1.29, 1.82) is 0 Å². The Kier molecular flexibility index (Phi) is 5.75. The van der Waals surface area contributed by atoms with Crippen molar-refractivity contribution in [2.24, 2.45) is 5.92 Å². The number of hydrogen-bond acceptors (Lipinski definition) is 3. The average molecular weight is 426 g/mol. The van der Waals surface area contributed by atoms with E-state index < -0.39 is 0 Å². The molecule has 1 N–H and O–H groups in total. The molecule has 1 saturated heterocycles. The topological polar surface area (TPSA) is 23.5 Å². The van der Waals surface area contributed by atoms with Gasteiger partial charge in [0.2, 0.25) is 0 Å². The van der Waals surface area contributed by atoms with Gasteiger partial charge >= 0.3 is 0 Å². The van der Waals surface area contributed by atoms with Gasteiger partial charge in [-0.25, -0.2) is 0 Å². The first-order valence-electron chi connectivity index (χ1n) is 10.9. The zero-order chi connectivity index (χ0) is 19.8. The van der Waals surface area contributed by atoms with Crippen LogP contribution in [0.3, 0.4) is 0 Å². The third-order valence-corrected chi connectivity index (χ3v) is 8.12. The maximum Gasteiger partial charge on any atom is 0.0540 e. The van der Waals surface area contributed by atoms with Crippen molar-refractivity contribution in [1.82, 2.24) is 4.90 Å². The predicted molar refractivity (Wildman–Crippen MR) is 122 cm³/mol. The molecule has 29 heavy (non-hydrogen) atoms. The highest BCUT2D eigenvalue weighted by molar-refractivity contribution is 7.99. The van der Waals surface area contributed by atoms with Crippen LogP contribution in [0.1, 0.15) is 49.7 Å². The van der Waals surface area contributed by atoms with Crippen molar-refractivity contribution in [3.05, 3.63) is 64.2 Å². The number of fused-ring (bicyclic) bond motifs is 2. The molecule has 4 heteroatoms. The minimum Gasteiger partial charge on any atom is -0.393 e. The van der Waals surface area contributed by atoms with Crippen LogP contribution in [0.5, 0.6) is 0 Å². The molecule has 5 rings (SSSR count). The summed E-state index contributed by atoms with van der Waals surface area (Å²) in [4.78, 5) is 5.32. The third-order valence-electron chi connectivity index (χ3n) is 6.73. The van der Waals surface area contributed by atoms with Crippen LogP contribution in [-0.4, -0.2) is 35.7 Å². The number of rotatable bonds is 2. The molecular weight excluding hydrogens is 398 g/mol. The maximum atomic E-state index is 9.76. The second-order valence-electron chi connectivity index (χ2n) is 8.69. The number of piperidine rings is 1. The van der Waals surface area contributed by atoms with E-state index in [0.29, 0.717) is 0 Å². The van der Waals surface area contributed by atoms with Crippen molar-refractivity contribution in [3.8, 4) is 0 Å². The molecule has 2 aromatic carbocycles. The van der Waals surface area contributed by atoms with Gasteiger partial charge < -0.3 is 10.0 Å². The highest BCUT2D eigenvalue weighted by Crippen LogP contribution is 2.48. The monoisotopic (exact) mass is 425 g/mol. The largest absolute Gasteiger partial charge is 0.393 e. The van der Waals surface area contributed by atoms with Gasteiger partial charge in [-0.3, -0.25) is 0 Å². The lowest BCUT2D eigenvalue weighted by atomic mass is 9.85. The molecule has 0 radical (unpaired) electrons. The van der Waals surface area contributed by atoms with Gasteiger partial charge in [0.25, 0.3) is 0 Å². The Hall–Kier alpha value is -1.26. The summed E-state index contributed by atoms with van der Waals surface area (Å²) < 4.78 is 0. The molecule has 0 spiro atoms. The Bertz CT molecular complexity index is 922. The summed E-state index contributed by atoms with van der Waals surface area (Å²) in [6.07, 6.45) is 6.55. The van der Waals surface area contributed by atoms with E-state index in [1.807, 2.05) is 17.8 Å². The smallest absolute Gasteiger partial charge is 0.0540 e. The van der Waals surface area contributed by atoms with E-state index in [2.05, 4.69) is 41.3 Å². The summed E-state index contributed by atoms with van der Waals surface area (Å²) in [5, 5.41) is 10.6.